The number of anilines is 2. The fourth-order valence-corrected chi connectivity index (χ4v) is 8.97. The van der Waals surface area contributed by atoms with Crippen molar-refractivity contribution in [3.63, 3.8) is 0 Å². The summed E-state index contributed by atoms with van der Waals surface area (Å²) in [5, 5.41) is 28.0. The maximum atomic E-state index is 13.5. The Labute approximate surface area is 261 Å². The van der Waals surface area contributed by atoms with Crippen LogP contribution in [-0.4, -0.2) is 99.0 Å². The Kier molecular flexibility index (Phi) is 7.74. The van der Waals surface area contributed by atoms with Gasteiger partial charge >= 0.3 is 13.4 Å². The molecule has 25 heteroatoms. The number of thiol groups is 2. The topological polar surface area (TPSA) is 295 Å². The smallest absolute Gasteiger partial charge is 0.324 e. The van der Waals surface area contributed by atoms with Crippen LogP contribution < -0.4 is 27.2 Å². The van der Waals surface area contributed by atoms with E-state index in [1.807, 2.05) is 0 Å². The van der Waals surface area contributed by atoms with Gasteiger partial charge in [-0.25, -0.2) is 30.1 Å². The van der Waals surface area contributed by atoms with Crippen molar-refractivity contribution in [2.75, 3.05) is 24.7 Å². The number of rotatable bonds is 2. The number of hydrogen-bond donors (Lipinski definition) is 9. The Morgan fingerprint density at radius 3 is 1.96 bits per heavy atom. The predicted octanol–water partition coefficient (Wildman–Crippen LogP) is -1.32. The van der Waals surface area contributed by atoms with Crippen LogP contribution in [0.1, 0.15) is 12.5 Å². The quantitative estimate of drug-likeness (QED) is 0.0863. The highest BCUT2D eigenvalue weighted by molar-refractivity contribution is 8.45. The molecule has 4 aromatic heterocycles. The fraction of sp³-hybridized carbons (Fsp3) is 0.500. The molecule has 3 aliphatic heterocycles. The second-order valence-electron chi connectivity index (χ2n) is 10.4. The van der Waals surface area contributed by atoms with Crippen molar-refractivity contribution >= 4 is 72.0 Å². The highest BCUT2D eigenvalue weighted by Gasteiger charge is 2.52. The van der Waals surface area contributed by atoms with Crippen molar-refractivity contribution in [3.05, 3.63) is 29.3 Å². The molecule has 0 saturated carbocycles. The lowest BCUT2D eigenvalue weighted by atomic mass is 10.1. The number of ether oxygens (including phenoxy) is 2. The van der Waals surface area contributed by atoms with Crippen molar-refractivity contribution in [2.24, 2.45) is 0 Å². The highest BCUT2D eigenvalue weighted by atomic mass is 32.7. The van der Waals surface area contributed by atoms with Gasteiger partial charge in [0.2, 0.25) is 5.95 Å². The molecule has 0 radical (unpaired) electrons. The molecule has 0 bridgehead atoms. The molecule has 4 aromatic rings. The Morgan fingerprint density at radius 1 is 0.844 bits per heavy atom. The lowest BCUT2D eigenvalue weighted by molar-refractivity contribution is -0.0464. The van der Waals surface area contributed by atoms with Gasteiger partial charge < -0.3 is 40.2 Å². The number of H-pyrrole nitrogens is 1. The van der Waals surface area contributed by atoms with Crippen molar-refractivity contribution in [3.8, 4) is 0 Å². The zero-order valence-corrected chi connectivity index (χ0v) is 26.2. The fourth-order valence-electron chi connectivity index (χ4n) is 5.53. The van der Waals surface area contributed by atoms with E-state index >= 15 is 0 Å². The first-order valence-corrected chi connectivity index (χ1v) is 18.7. The third-order valence-electron chi connectivity index (χ3n) is 7.59. The molecule has 45 heavy (non-hydrogen) atoms. The highest BCUT2D eigenvalue weighted by Crippen LogP contribution is 2.54. The lowest BCUT2D eigenvalue weighted by Crippen LogP contribution is -2.47. The SMILES string of the molecule is Nc1nc2c(ncn2[C@@H]2O[C@@H]3CO[P@@](=O)(S)N[C@H]4[C@@H](O)[C@H](n5cnc6c(N)ncnc65)O[C@@H]4CO[P@@](=O)(S)N[C@H]3[C@H]2O)c(=O)[nH]1. The molecule has 9 N–H and O–H groups in total. The van der Waals surface area contributed by atoms with Gasteiger partial charge in [0.15, 0.2) is 35.1 Å². The Balaban J connectivity index is 1.17. The second kappa shape index (κ2) is 11.2. The number of fused-ring (bicyclic) bond motifs is 4. The van der Waals surface area contributed by atoms with E-state index in [2.05, 4.69) is 64.6 Å². The minimum Gasteiger partial charge on any atom is -0.387 e. The summed E-state index contributed by atoms with van der Waals surface area (Å²) in [6.45, 7) is -8.97. The van der Waals surface area contributed by atoms with Crippen LogP contribution in [0.2, 0.25) is 0 Å². The van der Waals surface area contributed by atoms with E-state index in [9.17, 15) is 24.1 Å². The van der Waals surface area contributed by atoms with E-state index in [0.29, 0.717) is 0 Å². The molecule has 7 rings (SSSR count). The van der Waals surface area contributed by atoms with E-state index in [-0.39, 0.29) is 34.1 Å². The van der Waals surface area contributed by atoms with Crippen LogP contribution in [-0.2, 0) is 27.7 Å². The Morgan fingerprint density at radius 2 is 1.38 bits per heavy atom. The number of nitrogens with two attached hydrogens (primary N) is 2. The van der Waals surface area contributed by atoms with Crippen LogP contribution in [0.15, 0.2) is 23.8 Å². The Bertz CT molecular complexity index is 1940. The first kappa shape index (κ1) is 31.0. The first-order chi connectivity index (χ1) is 21.3. The second-order valence-corrected chi connectivity index (χ2v) is 16.7. The number of aromatic nitrogens is 8. The lowest BCUT2D eigenvalue weighted by Gasteiger charge is -2.30. The summed E-state index contributed by atoms with van der Waals surface area (Å²) in [6, 6.07) is -2.31. The average Bonchev–Trinajstić information content (AvgIpc) is 3.72. The minimum atomic E-state index is -4.04. The van der Waals surface area contributed by atoms with E-state index < -0.39 is 81.2 Å². The first-order valence-electron chi connectivity index (χ1n) is 13.1. The number of aliphatic hydroxyl groups is 2. The monoisotopic (exact) mass is 704 g/mol. The molecule has 0 aromatic carbocycles. The van der Waals surface area contributed by atoms with E-state index in [0.717, 1.165) is 0 Å². The third kappa shape index (κ3) is 5.55. The number of aliphatic hydroxyl groups excluding tert-OH is 2. The van der Waals surface area contributed by atoms with Gasteiger partial charge in [-0.1, -0.05) is 24.5 Å². The molecule has 3 fully saturated rings. The van der Waals surface area contributed by atoms with Crippen LogP contribution in [0.3, 0.4) is 0 Å². The molecule has 10 atom stereocenters. The van der Waals surface area contributed by atoms with Gasteiger partial charge in [-0.2, -0.15) is 4.98 Å². The van der Waals surface area contributed by atoms with Crippen LogP contribution in [0, 0.1) is 0 Å². The molecule has 0 unspecified atom stereocenters. The number of imidazole rings is 2. The molecule has 242 valence electrons. The molecule has 0 aliphatic carbocycles. The largest absolute Gasteiger partial charge is 0.387 e. The van der Waals surface area contributed by atoms with Crippen LogP contribution in [0.25, 0.3) is 22.3 Å². The van der Waals surface area contributed by atoms with Crippen LogP contribution in [0.5, 0.6) is 0 Å². The minimum absolute atomic E-state index is 0.0127. The van der Waals surface area contributed by atoms with Gasteiger partial charge in [-0.3, -0.25) is 28.0 Å². The summed E-state index contributed by atoms with van der Waals surface area (Å²) in [4.78, 5) is 35.0. The standard InChI is InChI=1S/C20H26N12O9P2S2/c21-14-10-15(24-3-23-14)31(4-25-10)18-12(33)8-6(40-18)1-38-43(37,45)30-9-7(2-39-42(36,44)29-8)41-19(13(9)34)32-5-26-11-16(32)27-20(22)28-17(11)35/h3-9,12-13,18-19,33-34H,1-2H2,(H2,21,23,24)(H2,29,36,44)(H2,30,37,45)(H3,22,27,28,35)/t6-,7-,8-,9-,12-,13-,18-,19-,42-,43-/m1/s1. The van der Waals surface area contributed by atoms with Crippen molar-refractivity contribution in [1.82, 2.24) is 49.2 Å². The maximum absolute atomic E-state index is 13.5. The third-order valence-corrected chi connectivity index (χ3v) is 11.2. The zero-order chi connectivity index (χ0) is 31.8. The van der Waals surface area contributed by atoms with Gasteiger partial charge in [0.1, 0.15) is 36.3 Å². The molecule has 0 spiro atoms. The number of aromatic amines is 1. The average molecular weight is 705 g/mol. The molecule has 3 saturated heterocycles. The summed E-state index contributed by atoms with van der Waals surface area (Å²) in [6.07, 6.45) is -3.65. The molecule has 0 amide bonds. The molecule has 3 aliphatic rings. The van der Waals surface area contributed by atoms with E-state index in [1.54, 1.807) is 0 Å². The number of nitrogen functional groups attached to an aromatic ring is 2. The molecular weight excluding hydrogens is 678 g/mol. The van der Waals surface area contributed by atoms with E-state index in [1.165, 1.54) is 28.1 Å². The van der Waals surface area contributed by atoms with Crippen LogP contribution >= 0.6 is 37.9 Å². The summed E-state index contributed by atoms with van der Waals surface area (Å²) in [5.41, 5.74) is 11.5. The molecule has 7 heterocycles. The van der Waals surface area contributed by atoms with E-state index in [4.69, 9.17) is 30.0 Å². The number of hydrogen-bond acceptors (Lipinski definition) is 16. The van der Waals surface area contributed by atoms with Gasteiger partial charge in [0.25, 0.3) is 5.56 Å². The molecular formula is C20H26N12O9P2S2. The summed E-state index contributed by atoms with van der Waals surface area (Å²) in [7, 11) is 0. The van der Waals surface area contributed by atoms with Gasteiger partial charge in [-0.05, 0) is 0 Å². The summed E-state index contributed by atoms with van der Waals surface area (Å²) < 4.78 is 53.1. The van der Waals surface area contributed by atoms with Crippen molar-refractivity contribution in [1.29, 1.82) is 0 Å². The normalized spacial score (nSPS) is 37.7. The van der Waals surface area contributed by atoms with Gasteiger partial charge in [0, 0.05) is 0 Å². The van der Waals surface area contributed by atoms with Gasteiger partial charge in [-0.15, -0.1) is 0 Å². The number of nitrogens with one attached hydrogen (secondary N) is 3. The summed E-state index contributed by atoms with van der Waals surface area (Å²) >= 11 is 8.38. The van der Waals surface area contributed by atoms with Crippen molar-refractivity contribution in [2.45, 2.75) is 49.0 Å². The predicted molar refractivity (Wildman–Crippen MR) is 161 cm³/mol. The number of nitrogens with zero attached hydrogens (tertiary/aromatic N) is 7. The Hall–Kier alpha value is -2.66. The maximum Gasteiger partial charge on any atom is 0.324 e. The van der Waals surface area contributed by atoms with Crippen molar-refractivity contribution < 1.29 is 37.9 Å². The van der Waals surface area contributed by atoms with Crippen LogP contribution in [0.4, 0.5) is 11.8 Å². The van der Waals surface area contributed by atoms with Gasteiger partial charge in [0.05, 0.1) is 38.0 Å². The molecule has 21 nitrogen and oxygen atoms in total. The summed E-state index contributed by atoms with van der Waals surface area (Å²) in [5.74, 6) is -0.0807. The zero-order valence-electron chi connectivity index (χ0n) is 22.6.